The summed E-state index contributed by atoms with van der Waals surface area (Å²) in [6.07, 6.45) is 1.63. The number of Topliss-reactive ketones (excluding diaryl/α,β-unsaturated/α-hetero) is 1. The Labute approximate surface area is 155 Å². The number of hydrogen-bond donors (Lipinski definition) is 1. The molecule has 1 heterocycles. The number of ether oxygens (including phenoxy) is 1. The molecule has 0 saturated heterocycles. The predicted molar refractivity (Wildman–Crippen MR) is 104 cm³/mol. The molecule has 6 heteroatoms. The van der Waals surface area contributed by atoms with Crippen LogP contribution in [0.15, 0.2) is 53.5 Å². The van der Waals surface area contributed by atoms with Gasteiger partial charge in [-0.05, 0) is 66.0 Å². The Hall–Kier alpha value is -2.99. The molecule has 0 amide bonds. The lowest BCUT2D eigenvalue weighted by atomic mass is 10.1. The van der Waals surface area contributed by atoms with Crippen molar-refractivity contribution in [3.05, 3.63) is 64.5 Å². The minimum atomic E-state index is -0.0876. The average molecular weight is 366 g/mol. The first kappa shape index (κ1) is 17.8. The standard InChI is InChI=1S/C20H18N2O3S/c1-13-9-14(7-8-17(13)23)11-21-12-18(24)20-10-16(22-26-20)15-5-3-4-6-19(15)25-2/h3-11,23H,12H2,1-2H3. The van der Waals surface area contributed by atoms with Crippen molar-refractivity contribution in [3.63, 3.8) is 0 Å². The number of phenolic OH excluding ortho intramolecular Hbond substituents is 1. The van der Waals surface area contributed by atoms with Crippen LogP contribution in [0.2, 0.25) is 0 Å². The number of ketones is 1. The van der Waals surface area contributed by atoms with Crippen molar-refractivity contribution in [3.8, 4) is 22.8 Å². The third-order valence-corrected chi connectivity index (χ3v) is 4.69. The molecule has 0 atom stereocenters. The van der Waals surface area contributed by atoms with Gasteiger partial charge in [-0.3, -0.25) is 9.79 Å². The van der Waals surface area contributed by atoms with Crippen LogP contribution in [0.1, 0.15) is 20.8 Å². The van der Waals surface area contributed by atoms with Crippen molar-refractivity contribution in [2.24, 2.45) is 4.99 Å². The number of hydrogen-bond acceptors (Lipinski definition) is 6. The van der Waals surface area contributed by atoms with E-state index in [0.717, 1.165) is 34.0 Å². The second-order valence-electron chi connectivity index (χ2n) is 5.72. The summed E-state index contributed by atoms with van der Waals surface area (Å²) in [6.45, 7) is 1.86. The average Bonchev–Trinajstić information content (AvgIpc) is 3.14. The molecular formula is C20H18N2O3S. The minimum absolute atomic E-state index is 0.0491. The van der Waals surface area contributed by atoms with Gasteiger partial charge in [0.25, 0.3) is 0 Å². The Morgan fingerprint density at radius 1 is 1.27 bits per heavy atom. The van der Waals surface area contributed by atoms with Crippen LogP contribution in [0.4, 0.5) is 0 Å². The van der Waals surface area contributed by atoms with Gasteiger partial charge in [0.1, 0.15) is 18.0 Å². The Morgan fingerprint density at radius 3 is 2.85 bits per heavy atom. The lowest BCUT2D eigenvalue weighted by Gasteiger charge is -2.04. The predicted octanol–water partition coefficient (Wildman–Crippen LogP) is 4.13. The second-order valence-corrected chi connectivity index (χ2v) is 6.52. The van der Waals surface area contributed by atoms with E-state index in [4.69, 9.17) is 4.74 Å². The fraction of sp³-hybridized carbons (Fsp3) is 0.150. The highest BCUT2D eigenvalue weighted by atomic mass is 32.1. The van der Waals surface area contributed by atoms with Crippen LogP contribution < -0.4 is 4.74 Å². The number of aliphatic imine (C=N–C) groups is 1. The lowest BCUT2D eigenvalue weighted by Crippen LogP contribution is -2.01. The number of carbonyl (C=O) groups is 1. The molecule has 0 fully saturated rings. The van der Waals surface area contributed by atoms with Gasteiger partial charge in [0.15, 0.2) is 5.78 Å². The third-order valence-electron chi connectivity index (χ3n) is 3.86. The van der Waals surface area contributed by atoms with Crippen molar-refractivity contribution >= 4 is 23.5 Å². The number of phenols is 1. The molecule has 5 nitrogen and oxygen atoms in total. The van der Waals surface area contributed by atoms with E-state index in [1.54, 1.807) is 31.5 Å². The van der Waals surface area contributed by atoms with E-state index < -0.39 is 0 Å². The highest BCUT2D eigenvalue weighted by molar-refractivity contribution is 7.08. The normalized spacial score (nSPS) is 11.0. The Bertz CT molecular complexity index is 963. The molecular weight excluding hydrogens is 348 g/mol. The fourth-order valence-electron chi connectivity index (χ4n) is 2.46. The molecule has 132 valence electrons. The molecule has 0 radical (unpaired) electrons. The molecule has 26 heavy (non-hydrogen) atoms. The number of rotatable bonds is 6. The minimum Gasteiger partial charge on any atom is -0.508 e. The number of aromatic nitrogens is 1. The van der Waals surface area contributed by atoms with E-state index in [1.807, 2.05) is 37.3 Å². The lowest BCUT2D eigenvalue weighted by molar-refractivity contribution is 0.101. The van der Waals surface area contributed by atoms with Crippen LogP contribution in [0.5, 0.6) is 11.5 Å². The van der Waals surface area contributed by atoms with Gasteiger partial charge in [-0.2, -0.15) is 4.37 Å². The SMILES string of the molecule is COc1ccccc1-c1cc(C(=O)CN=Cc2ccc(O)c(C)c2)sn1. The summed E-state index contributed by atoms with van der Waals surface area (Å²) in [7, 11) is 1.61. The first-order chi connectivity index (χ1) is 12.6. The van der Waals surface area contributed by atoms with Gasteiger partial charge in [0, 0.05) is 11.8 Å². The zero-order valence-corrected chi connectivity index (χ0v) is 15.3. The fourth-order valence-corrected chi connectivity index (χ4v) is 3.14. The summed E-state index contributed by atoms with van der Waals surface area (Å²) in [6, 6.07) is 14.5. The van der Waals surface area contributed by atoms with Crippen LogP contribution in [0.3, 0.4) is 0 Å². The summed E-state index contributed by atoms with van der Waals surface area (Å²) in [5, 5.41) is 9.53. The first-order valence-electron chi connectivity index (χ1n) is 8.01. The molecule has 0 aliphatic rings. The molecule has 1 aromatic heterocycles. The van der Waals surface area contributed by atoms with E-state index in [0.29, 0.717) is 10.6 Å². The zero-order chi connectivity index (χ0) is 18.5. The van der Waals surface area contributed by atoms with Crippen molar-refractivity contribution in [2.45, 2.75) is 6.92 Å². The molecule has 1 N–H and O–H groups in total. The van der Waals surface area contributed by atoms with Crippen molar-refractivity contribution in [1.29, 1.82) is 0 Å². The van der Waals surface area contributed by atoms with E-state index in [1.165, 1.54) is 0 Å². The van der Waals surface area contributed by atoms with Gasteiger partial charge in [0.05, 0.1) is 17.7 Å². The number of aromatic hydroxyl groups is 1. The highest BCUT2D eigenvalue weighted by Crippen LogP contribution is 2.30. The van der Waals surface area contributed by atoms with E-state index >= 15 is 0 Å². The second kappa shape index (κ2) is 7.93. The number of benzene rings is 2. The van der Waals surface area contributed by atoms with Gasteiger partial charge in [-0.1, -0.05) is 12.1 Å². The largest absolute Gasteiger partial charge is 0.508 e. The summed E-state index contributed by atoms with van der Waals surface area (Å²) < 4.78 is 9.70. The molecule has 0 aliphatic carbocycles. The van der Waals surface area contributed by atoms with Crippen LogP contribution in [0, 0.1) is 6.92 Å². The van der Waals surface area contributed by atoms with Gasteiger partial charge in [-0.25, -0.2) is 0 Å². The van der Waals surface area contributed by atoms with Crippen LogP contribution in [-0.2, 0) is 0 Å². The van der Waals surface area contributed by atoms with Gasteiger partial charge >= 0.3 is 0 Å². The van der Waals surface area contributed by atoms with Crippen molar-refractivity contribution in [1.82, 2.24) is 4.37 Å². The van der Waals surface area contributed by atoms with Gasteiger partial charge in [0.2, 0.25) is 0 Å². The monoisotopic (exact) mass is 366 g/mol. The maximum absolute atomic E-state index is 12.3. The number of nitrogens with zero attached hydrogens (tertiary/aromatic N) is 2. The van der Waals surface area contributed by atoms with Crippen LogP contribution >= 0.6 is 11.5 Å². The number of aryl methyl sites for hydroxylation is 1. The molecule has 3 aromatic rings. The van der Waals surface area contributed by atoms with E-state index in [-0.39, 0.29) is 18.1 Å². The van der Waals surface area contributed by atoms with Gasteiger partial charge < -0.3 is 9.84 Å². The first-order valence-corrected chi connectivity index (χ1v) is 8.78. The van der Waals surface area contributed by atoms with Crippen molar-refractivity contribution < 1.29 is 14.6 Å². The summed E-state index contributed by atoms with van der Waals surface area (Å²) in [4.78, 5) is 17.1. The Morgan fingerprint density at radius 2 is 2.08 bits per heavy atom. The number of methoxy groups -OCH3 is 1. The summed E-state index contributed by atoms with van der Waals surface area (Å²) >= 11 is 1.16. The smallest absolute Gasteiger partial charge is 0.195 e. The quantitative estimate of drug-likeness (QED) is 0.526. The number of carbonyl (C=O) groups excluding carboxylic acids is 1. The molecule has 0 bridgehead atoms. The Kier molecular flexibility index (Phi) is 5.43. The maximum atomic E-state index is 12.3. The topological polar surface area (TPSA) is 71.8 Å². The molecule has 3 rings (SSSR count). The van der Waals surface area contributed by atoms with Crippen LogP contribution in [-0.4, -0.2) is 35.1 Å². The molecule has 0 aliphatic heterocycles. The van der Waals surface area contributed by atoms with Gasteiger partial charge in [-0.15, -0.1) is 0 Å². The molecule has 0 saturated carbocycles. The van der Waals surface area contributed by atoms with E-state index in [9.17, 15) is 9.90 Å². The van der Waals surface area contributed by atoms with E-state index in [2.05, 4.69) is 9.37 Å². The molecule has 0 unspecified atom stereocenters. The highest BCUT2D eigenvalue weighted by Gasteiger charge is 2.13. The van der Waals surface area contributed by atoms with Crippen LogP contribution in [0.25, 0.3) is 11.3 Å². The zero-order valence-electron chi connectivity index (χ0n) is 14.5. The summed E-state index contributed by atoms with van der Waals surface area (Å²) in [5.41, 5.74) is 3.18. The maximum Gasteiger partial charge on any atom is 0.195 e. The molecule has 0 spiro atoms. The summed E-state index contributed by atoms with van der Waals surface area (Å²) in [5.74, 6) is 0.875. The number of para-hydroxylation sites is 1. The van der Waals surface area contributed by atoms with Crippen molar-refractivity contribution in [2.75, 3.05) is 13.7 Å². The molecule has 2 aromatic carbocycles. The Balaban J connectivity index is 1.70. The third kappa shape index (κ3) is 3.97.